The summed E-state index contributed by atoms with van der Waals surface area (Å²) in [5.74, 6) is 1.96. The lowest BCUT2D eigenvalue weighted by Gasteiger charge is -2.19. The molecule has 2 aromatic heterocycles. The molecule has 2 heterocycles. The molecule has 6 nitrogen and oxygen atoms in total. The minimum absolute atomic E-state index is 0.128. The molecule has 0 atom stereocenters. The van der Waals surface area contributed by atoms with Gasteiger partial charge < -0.3 is 8.83 Å². The summed E-state index contributed by atoms with van der Waals surface area (Å²) in [5.41, 5.74) is 13.7. The number of hydrogen-bond acceptors (Lipinski definition) is 6. The van der Waals surface area contributed by atoms with Crippen LogP contribution in [0.25, 0.3) is 79.2 Å². The summed E-state index contributed by atoms with van der Waals surface area (Å²) in [4.78, 5) is 0. The molecule has 0 unspecified atom stereocenters. The highest BCUT2D eigenvalue weighted by atomic mass is 16.4. The normalized spacial score (nSPS) is 13.5. The van der Waals surface area contributed by atoms with Crippen molar-refractivity contribution in [2.24, 2.45) is 0 Å². The van der Waals surface area contributed by atoms with Gasteiger partial charge >= 0.3 is 0 Å². The van der Waals surface area contributed by atoms with E-state index in [-0.39, 0.29) is 5.41 Å². The summed E-state index contributed by atoms with van der Waals surface area (Å²) in [6, 6.07) is 50.8. The Morgan fingerprint density at radius 2 is 0.679 bits per heavy atom. The lowest BCUT2D eigenvalue weighted by Crippen LogP contribution is -2.10. The minimum atomic E-state index is 0.128. The third-order valence-electron chi connectivity index (χ3n) is 11.2. The van der Waals surface area contributed by atoms with Crippen LogP contribution in [0.3, 0.4) is 0 Å². The highest BCUT2D eigenvalue weighted by Crippen LogP contribution is 2.52. The molecular weight excluding hydrogens is 689 g/mol. The zero-order valence-electron chi connectivity index (χ0n) is 32.3. The van der Waals surface area contributed by atoms with Gasteiger partial charge in [-0.25, -0.2) is 0 Å². The van der Waals surface area contributed by atoms with Crippen molar-refractivity contribution in [2.75, 3.05) is 0 Å². The van der Waals surface area contributed by atoms with Gasteiger partial charge in [-0.2, -0.15) is 0 Å². The highest BCUT2D eigenvalue weighted by Gasteiger charge is 2.42. The van der Waals surface area contributed by atoms with E-state index in [0.29, 0.717) is 29.0 Å². The van der Waals surface area contributed by atoms with Crippen LogP contribution in [0.15, 0.2) is 154 Å². The van der Waals surface area contributed by atoms with E-state index in [1.54, 1.807) is 0 Å². The maximum atomic E-state index is 6.12. The van der Waals surface area contributed by atoms with Crippen molar-refractivity contribution in [2.45, 2.75) is 64.2 Å². The zero-order chi connectivity index (χ0) is 38.3. The van der Waals surface area contributed by atoms with Crippen LogP contribution in [0, 0.1) is 0 Å². The van der Waals surface area contributed by atoms with Crippen LogP contribution < -0.4 is 0 Å². The van der Waals surface area contributed by atoms with Crippen LogP contribution in [0.5, 0.6) is 0 Å². The van der Waals surface area contributed by atoms with Crippen molar-refractivity contribution in [3.05, 3.63) is 157 Å². The van der Waals surface area contributed by atoms with Gasteiger partial charge in [-0.05, 0) is 123 Å². The van der Waals surface area contributed by atoms with Gasteiger partial charge in [0.15, 0.2) is 0 Å². The van der Waals surface area contributed by atoms with Gasteiger partial charge in [0, 0.05) is 22.3 Å². The summed E-state index contributed by atoms with van der Waals surface area (Å²) >= 11 is 0. The third-order valence-corrected chi connectivity index (χ3v) is 11.2. The van der Waals surface area contributed by atoms with Gasteiger partial charge in [-0.1, -0.05) is 131 Å². The van der Waals surface area contributed by atoms with Crippen LogP contribution in [-0.2, 0) is 10.8 Å². The van der Waals surface area contributed by atoms with Crippen LogP contribution >= 0.6 is 0 Å². The molecule has 6 heteroatoms. The fourth-order valence-corrected chi connectivity index (χ4v) is 7.63. The molecule has 0 saturated heterocycles. The second-order valence-corrected chi connectivity index (χ2v) is 16.1. The Labute approximate surface area is 328 Å². The van der Waals surface area contributed by atoms with Crippen LogP contribution in [0.4, 0.5) is 0 Å². The molecule has 1 saturated carbocycles. The van der Waals surface area contributed by atoms with Gasteiger partial charge in [0.1, 0.15) is 0 Å². The summed E-state index contributed by atoms with van der Waals surface area (Å²) < 4.78 is 12.2. The van der Waals surface area contributed by atoms with Crippen LogP contribution in [0.2, 0.25) is 0 Å². The van der Waals surface area contributed by atoms with Crippen molar-refractivity contribution < 1.29 is 8.83 Å². The Morgan fingerprint density at radius 1 is 0.411 bits per heavy atom. The number of rotatable bonds is 10. The minimum Gasteiger partial charge on any atom is -0.416 e. The molecule has 0 spiro atoms. The predicted octanol–water partition coefficient (Wildman–Crippen LogP) is 13.3. The Kier molecular flexibility index (Phi) is 9.05. The van der Waals surface area contributed by atoms with E-state index in [1.807, 2.05) is 48.5 Å². The average molecular weight is 733 g/mol. The Bertz CT molecular complexity index is 2570. The summed E-state index contributed by atoms with van der Waals surface area (Å²) in [7, 11) is 0. The molecule has 1 aliphatic carbocycles. The fourth-order valence-electron chi connectivity index (χ4n) is 7.63. The Balaban J connectivity index is 0.832. The number of benzene rings is 6. The van der Waals surface area contributed by atoms with Crippen LogP contribution in [0.1, 0.15) is 64.5 Å². The molecule has 0 radical (unpaired) electrons. The Morgan fingerprint density at radius 3 is 0.946 bits per heavy atom. The number of nitrogens with zero attached hydrogens (tertiary/aromatic N) is 4. The maximum Gasteiger partial charge on any atom is 0.248 e. The molecule has 276 valence electrons. The second kappa shape index (κ2) is 14.3. The molecule has 56 heavy (non-hydrogen) atoms. The molecule has 1 fully saturated rings. The lowest BCUT2D eigenvalue weighted by atomic mass is 9.86. The van der Waals surface area contributed by atoms with Crippen molar-refractivity contribution in [1.29, 1.82) is 0 Å². The van der Waals surface area contributed by atoms with Crippen molar-refractivity contribution in [1.82, 2.24) is 20.4 Å². The summed E-state index contributed by atoms with van der Waals surface area (Å²) in [5, 5.41) is 17.4. The van der Waals surface area contributed by atoms with Gasteiger partial charge in [-0.3, -0.25) is 0 Å². The topological polar surface area (TPSA) is 77.8 Å². The molecule has 0 amide bonds. The molecule has 0 N–H and O–H groups in total. The van der Waals surface area contributed by atoms with E-state index in [4.69, 9.17) is 8.83 Å². The van der Waals surface area contributed by atoms with E-state index in [0.717, 1.165) is 38.9 Å². The SMILES string of the molecule is CCCC1(c2ccc(-c3ccc(-c4nnc(-c5ccc(-c6ccc(-c7nnc(-c8ccc(-c9ccc(C(C)(C)C)cc9)cc8)o7)cc6)cc5)o4)cc3)cc2)CC1. The molecule has 0 aliphatic heterocycles. The fraction of sp³-hybridized carbons (Fsp3) is 0.200. The van der Waals surface area contributed by atoms with E-state index < -0.39 is 0 Å². The molecule has 8 aromatic rings. The van der Waals surface area contributed by atoms with Crippen LogP contribution in [-0.4, -0.2) is 20.4 Å². The van der Waals surface area contributed by atoms with Crippen molar-refractivity contribution >= 4 is 0 Å². The van der Waals surface area contributed by atoms with Gasteiger partial charge in [0.2, 0.25) is 23.6 Å². The number of hydrogen-bond donors (Lipinski definition) is 0. The van der Waals surface area contributed by atoms with E-state index in [1.165, 1.54) is 53.5 Å². The smallest absolute Gasteiger partial charge is 0.248 e. The van der Waals surface area contributed by atoms with Crippen molar-refractivity contribution in [3.63, 3.8) is 0 Å². The van der Waals surface area contributed by atoms with Gasteiger partial charge in [0.05, 0.1) is 0 Å². The lowest BCUT2D eigenvalue weighted by molar-refractivity contribution is 0.584. The predicted molar refractivity (Wildman–Crippen MR) is 225 cm³/mol. The van der Waals surface area contributed by atoms with Gasteiger partial charge in [0.25, 0.3) is 0 Å². The first-order valence-electron chi connectivity index (χ1n) is 19.6. The van der Waals surface area contributed by atoms with E-state index >= 15 is 0 Å². The molecule has 0 bridgehead atoms. The van der Waals surface area contributed by atoms with Gasteiger partial charge in [-0.15, -0.1) is 20.4 Å². The summed E-state index contributed by atoms with van der Waals surface area (Å²) in [6.45, 7) is 8.97. The largest absolute Gasteiger partial charge is 0.416 e. The second-order valence-electron chi connectivity index (χ2n) is 16.1. The first-order chi connectivity index (χ1) is 27.2. The van der Waals surface area contributed by atoms with E-state index in [9.17, 15) is 0 Å². The monoisotopic (exact) mass is 732 g/mol. The summed E-state index contributed by atoms with van der Waals surface area (Å²) in [6.07, 6.45) is 5.15. The number of aromatic nitrogens is 4. The Hall–Kier alpha value is -6.40. The van der Waals surface area contributed by atoms with E-state index in [2.05, 4.69) is 145 Å². The third kappa shape index (κ3) is 7.11. The average Bonchev–Trinajstić information content (AvgIpc) is 3.59. The first kappa shape index (κ1) is 35.3. The quantitative estimate of drug-likeness (QED) is 0.139. The molecular formula is C50H44N4O2. The standard InChI is InChI=1S/C50H44N4O2/c1-5-30-50(31-32-50)44-28-24-38(25-29-44)36-12-20-42(21-13-36)48-54-52-46(56-48)40-16-8-34(9-17-40)33-6-14-39(15-7-33)45-51-53-47(55-45)41-18-10-35(11-19-41)37-22-26-43(27-23-37)49(2,3)4/h6-29H,5,30-32H2,1-4H3. The molecule has 9 rings (SSSR count). The zero-order valence-corrected chi connectivity index (χ0v) is 32.3. The van der Waals surface area contributed by atoms with Crippen molar-refractivity contribution in [3.8, 4) is 79.2 Å². The first-order valence-corrected chi connectivity index (χ1v) is 19.6. The molecule has 6 aromatic carbocycles. The maximum absolute atomic E-state index is 6.12. The molecule has 1 aliphatic rings. The highest BCUT2D eigenvalue weighted by molar-refractivity contribution is 5.72.